The van der Waals surface area contributed by atoms with Gasteiger partial charge in [-0.25, -0.2) is 4.68 Å². The highest BCUT2D eigenvalue weighted by molar-refractivity contribution is 5.85. The molecule has 0 saturated carbocycles. The summed E-state index contributed by atoms with van der Waals surface area (Å²) in [5.41, 5.74) is 7.87. The van der Waals surface area contributed by atoms with Gasteiger partial charge in [0.05, 0.1) is 11.4 Å². The van der Waals surface area contributed by atoms with Crippen LogP contribution in [0.15, 0.2) is 85.1 Å². The molecule has 3 aromatic carbocycles. The minimum absolute atomic E-state index is 0.0808. The molecule has 0 radical (unpaired) electrons. The van der Waals surface area contributed by atoms with Crippen molar-refractivity contribution in [2.45, 2.75) is 45.2 Å². The van der Waals surface area contributed by atoms with E-state index >= 15 is 0 Å². The van der Waals surface area contributed by atoms with E-state index in [0.29, 0.717) is 13.0 Å². The Morgan fingerprint density at radius 2 is 1.68 bits per heavy atom. The minimum Gasteiger partial charge on any atom is -0.344 e. The van der Waals surface area contributed by atoms with Crippen LogP contribution in [0.3, 0.4) is 0 Å². The first-order valence-corrected chi connectivity index (χ1v) is 12.9. The molecule has 1 fully saturated rings. The van der Waals surface area contributed by atoms with Crippen molar-refractivity contribution in [2.24, 2.45) is 0 Å². The van der Waals surface area contributed by atoms with Gasteiger partial charge in [0.25, 0.3) is 0 Å². The Kier molecular flexibility index (Phi) is 5.34. The number of anilines is 1. The molecule has 0 spiro atoms. The second-order valence-corrected chi connectivity index (χ2v) is 10.8. The van der Waals surface area contributed by atoms with Crippen molar-refractivity contribution in [3.8, 4) is 16.9 Å². The molecule has 6 rings (SSSR count). The Balaban J connectivity index is 1.50. The first-order chi connectivity index (χ1) is 17.8. The second kappa shape index (κ2) is 8.48. The zero-order valence-corrected chi connectivity index (χ0v) is 21.8. The number of nitrogens with one attached hydrogen (secondary N) is 1. The van der Waals surface area contributed by atoms with E-state index in [4.69, 9.17) is 5.10 Å². The van der Waals surface area contributed by atoms with E-state index in [-0.39, 0.29) is 11.3 Å². The van der Waals surface area contributed by atoms with Crippen LogP contribution >= 0.6 is 0 Å². The summed E-state index contributed by atoms with van der Waals surface area (Å²) in [5.74, 6) is 0.0808. The third kappa shape index (κ3) is 3.69. The molecule has 2 aliphatic rings. The second-order valence-electron chi connectivity index (χ2n) is 10.8. The van der Waals surface area contributed by atoms with E-state index in [1.165, 1.54) is 22.4 Å². The zero-order valence-electron chi connectivity index (χ0n) is 21.8. The highest BCUT2D eigenvalue weighted by atomic mass is 16.2. The van der Waals surface area contributed by atoms with E-state index in [0.717, 1.165) is 22.5 Å². The summed E-state index contributed by atoms with van der Waals surface area (Å²) in [6.45, 7) is 9.36. The van der Waals surface area contributed by atoms with Crippen LogP contribution in [0, 0.1) is 13.8 Å². The van der Waals surface area contributed by atoms with Gasteiger partial charge in [0.2, 0.25) is 5.91 Å². The van der Waals surface area contributed by atoms with Gasteiger partial charge in [-0.3, -0.25) is 4.79 Å². The van der Waals surface area contributed by atoms with Crippen LogP contribution in [-0.4, -0.2) is 27.9 Å². The van der Waals surface area contributed by atoms with E-state index in [1.807, 2.05) is 22.9 Å². The molecule has 1 saturated heterocycles. The Morgan fingerprint density at radius 1 is 0.946 bits per heavy atom. The number of aryl methyl sites for hydroxylation is 2. The number of carbonyl (C=O) groups is 1. The van der Waals surface area contributed by atoms with Crippen molar-refractivity contribution >= 4 is 17.7 Å². The average molecular weight is 489 g/mol. The molecule has 0 bridgehead atoms. The minimum atomic E-state index is -0.669. The van der Waals surface area contributed by atoms with Gasteiger partial charge in [0.15, 0.2) is 0 Å². The number of para-hydroxylation sites is 1. The molecule has 186 valence electrons. The number of nitrogens with zero attached hydrogens (tertiary/aromatic N) is 3. The molecule has 0 unspecified atom stereocenters. The third-order valence-electron chi connectivity index (χ3n) is 7.98. The van der Waals surface area contributed by atoms with Crippen LogP contribution in [-0.2, 0) is 10.2 Å². The third-order valence-corrected chi connectivity index (χ3v) is 7.98. The number of amides is 1. The van der Waals surface area contributed by atoms with Crippen LogP contribution in [0.2, 0.25) is 0 Å². The molecule has 5 heteroatoms. The van der Waals surface area contributed by atoms with Crippen molar-refractivity contribution in [3.05, 3.63) is 107 Å². The van der Waals surface area contributed by atoms with Crippen molar-refractivity contribution in [1.82, 2.24) is 15.1 Å². The summed E-state index contributed by atoms with van der Waals surface area (Å²) in [6, 6.07) is 25.3. The summed E-state index contributed by atoms with van der Waals surface area (Å²) in [4.78, 5) is 15.2. The summed E-state index contributed by atoms with van der Waals surface area (Å²) < 4.78 is 1.93. The maximum atomic E-state index is 12.8. The van der Waals surface area contributed by atoms with Gasteiger partial charge < -0.3 is 10.2 Å². The van der Waals surface area contributed by atoms with Crippen LogP contribution in [0.4, 0.5) is 5.69 Å². The van der Waals surface area contributed by atoms with Gasteiger partial charge in [-0.1, -0.05) is 85.6 Å². The Bertz CT molecular complexity index is 1510. The lowest BCUT2D eigenvalue weighted by atomic mass is 9.74. The number of benzene rings is 3. The molecular weight excluding hydrogens is 456 g/mol. The first-order valence-electron chi connectivity index (χ1n) is 12.9. The highest BCUT2D eigenvalue weighted by Gasteiger charge is 2.57. The van der Waals surface area contributed by atoms with Gasteiger partial charge >= 0.3 is 0 Å². The van der Waals surface area contributed by atoms with Crippen LogP contribution in [0.5, 0.6) is 0 Å². The van der Waals surface area contributed by atoms with Gasteiger partial charge in [-0.05, 0) is 43.7 Å². The SMILES string of the molecule is Cc1ccc(-c2nn(-c3ccccc3)cc2/C=C/[C@]23NC(=O)CCN2c2ccc(C)cc2C3(C)C)cc1. The number of fused-ring (bicyclic) bond motifs is 3. The summed E-state index contributed by atoms with van der Waals surface area (Å²) in [7, 11) is 0. The number of aromatic nitrogens is 2. The molecule has 3 heterocycles. The van der Waals surface area contributed by atoms with Crippen molar-refractivity contribution in [2.75, 3.05) is 11.4 Å². The predicted molar refractivity (Wildman–Crippen MR) is 150 cm³/mol. The molecule has 5 nitrogen and oxygen atoms in total. The van der Waals surface area contributed by atoms with Gasteiger partial charge in [-0.15, -0.1) is 0 Å². The van der Waals surface area contributed by atoms with Gasteiger partial charge in [-0.2, -0.15) is 5.10 Å². The number of rotatable bonds is 4. The molecule has 1 aromatic heterocycles. The Labute approximate surface area is 218 Å². The number of carbonyl (C=O) groups excluding carboxylic acids is 1. The molecular formula is C32H32N4O. The number of hydrogen-bond donors (Lipinski definition) is 1. The van der Waals surface area contributed by atoms with Gasteiger partial charge in [0, 0.05) is 41.4 Å². The maximum Gasteiger partial charge on any atom is 0.223 e. The van der Waals surface area contributed by atoms with E-state index < -0.39 is 5.66 Å². The van der Waals surface area contributed by atoms with Crippen molar-refractivity contribution < 1.29 is 4.79 Å². The lowest BCUT2D eigenvalue weighted by Crippen LogP contribution is -2.68. The smallest absolute Gasteiger partial charge is 0.223 e. The largest absolute Gasteiger partial charge is 0.344 e. The molecule has 1 atom stereocenters. The van der Waals surface area contributed by atoms with Crippen LogP contribution in [0.1, 0.15) is 42.5 Å². The topological polar surface area (TPSA) is 50.2 Å². The van der Waals surface area contributed by atoms with Crippen molar-refractivity contribution in [1.29, 1.82) is 0 Å². The summed E-state index contributed by atoms with van der Waals surface area (Å²) in [6.07, 6.45) is 6.88. The maximum absolute atomic E-state index is 12.8. The molecule has 4 aromatic rings. The standard InChI is InChI=1S/C32H32N4O/c1-22-10-13-24(14-11-22)30-25(21-36(34-30)26-8-6-5-7-9-26)16-18-32-31(3,4)27-20-23(2)12-15-28(27)35(32)19-17-29(37)33-32/h5-16,18,20-21H,17,19H2,1-4H3,(H,33,37)/b18-16+/t32-/m0/s1. The van der Waals surface area contributed by atoms with E-state index in [9.17, 15) is 4.79 Å². The molecule has 37 heavy (non-hydrogen) atoms. The number of hydrogen-bond acceptors (Lipinski definition) is 3. The summed E-state index contributed by atoms with van der Waals surface area (Å²) in [5, 5.41) is 8.39. The van der Waals surface area contributed by atoms with Crippen LogP contribution < -0.4 is 10.2 Å². The normalized spacial score (nSPS) is 20.1. The molecule has 1 amide bonds. The fraction of sp³-hybridized carbons (Fsp3) is 0.250. The summed E-state index contributed by atoms with van der Waals surface area (Å²) >= 11 is 0. The lowest BCUT2D eigenvalue weighted by molar-refractivity contribution is -0.124. The average Bonchev–Trinajstić information content (AvgIpc) is 3.39. The fourth-order valence-electron chi connectivity index (χ4n) is 5.84. The Morgan fingerprint density at radius 3 is 2.43 bits per heavy atom. The molecule has 2 aliphatic heterocycles. The molecule has 0 aliphatic carbocycles. The fourth-order valence-corrected chi connectivity index (χ4v) is 5.84. The predicted octanol–water partition coefficient (Wildman–Crippen LogP) is 6.18. The highest BCUT2D eigenvalue weighted by Crippen LogP contribution is 2.52. The Hall–Kier alpha value is -4.12. The zero-order chi connectivity index (χ0) is 25.8. The lowest BCUT2D eigenvalue weighted by Gasteiger charge is -2.49. The first kappa shape index (κ1) is 23.3. The monoisotopic (exact) mass is 488 g/mol. The van der Waals surface area contributed by atoms with E-state index in [2.05, 4.69) is 111 Å². The van der Waals surface area contributed by atoms with Crippen LogP contribution in [0.25, 0.3) is 23.0 Å². The van der Waals surface area contributed by atoms with Gasteiger partial charge in [0.1, 0.15) is 5.66 Å². The quantitative estimate of drug-likeness (QED) is 0.373. The molecule has 1 N–H and O–H groups in total. The van der Waals surface area contributed by atoms with Crippen molar-refractivity contribution in [3.63, 3.8) is 0 Å². The van der Waals surface area contributed by atoms with E-state index in [1.54, 1.807) is 0 Å².